The number of likely N-dealkylation sites (tertiary alicyclic amines) is 1. The summed E-state index contributed by atoms with van der Waals surface area (Å²) in [4.78, 5) is 19.2. The minimum absolute atomic E-state index is 0.0205. The summed E-state index contributed by atoms with van der Waals surface area (Å²) < 4.78 is 5.63. The molecule has 5 nitrogen and oxygen atoms in total. The SMILES string of the molecule is O=C(c1coc(C2CCNCC2)n1)N1CCC(Cc2ccccc2)CC1. The van der Waals surface area contributed by atoms with Crippen LogP contribution < -0.4 is 5.32 Å². The average Bonchev–Trinajstić information content (AvgIpc) is 3.20. The van der Waals surface area contributed by atoms with Crippen molar-refractivity contribution in [3.63, 3.8) is 0 Å². The molecule has 0 unspecified atom stereocenters. The molecule has 0 atom stereocenters. The maximum atomic E-state index is 12.8. The minimum Gasteiger partial charge on any atom is -0.448 e. The highest BCUT2D eigenvalue weighted by molar-refractivity contribution is 5.92. The van der Waals surface area contributed by atoms with Gasteiger partial charge < -0.3 is 14.6 Å². The number of amides is 1. The first-order valence-electron chi connectivity index (χ1n) is 9.79. The summed E-state index contributed by atoms with van der Waals surface area (Å²) >= 11 is 0. The maximum Gasteiger partial charge on any atom is 0.275 e. The third kappa shape index (κ3) is 3.98. The van der Waals surface area contributed by atoms with Crippen LogP contribution in [0.15, 0.2) is 41.0 Å². The molecule has 4 rings (SSSR count). The molecule has 0 bridgehead atoms. The van der Waals surface area contributed by atoms with Crippen LogP contribution in [0.25, 0.3) is 0 Å². The van der Waals surface area contributed by atoms with E-state index in [9.17, 15) is 4.79 Å². The van der Waals surface area contributed by atoms with Gasteiger partial charge in [-0.2, -0.15) is 0 Å². The molecule has 0 aliphatic carbocycles. The van der Waals surface area contributed by atoms with Crippen molar-refractivity contribution in [2.75, 3.05) is 26.2 Å². The molecule has 0 spiro atoms. The highest BCUT2D eigenvalue weighted by Gasteiger charge is 2.27. The molecule has 1 N–H and O–H groups in total. The topological polar surface area (TPSA) is 58.4 Å². The smallest absolute Gasteiger partial charge is 0.275 e. The van der Waals surface area contributed by atoms with Crippen molar-refractivity contribution in [2.24, 2.45) is 5.92 Å². The van der Waals surface area contributed by atoms with Crippen molar-refractivity contribution >= 4 is 5.91 Å². The molecule has 3 heterocycles. The fourth-order valence-corrected chi connectivity index (χ4v) is 4.09. The molecule has 2 aliphatic heterocycles. The number of rotatable bonds is 4. The van der Waals surface area contributed by atoms with Gasteiger partial charge in [-0.15, -0.1) is 0 Å². The molecule has 1 aromatic heterocycles. The van der Waals surface area contributed by atoms with Gasteiger partial charge >= 0.3 is 0 Å². The highest BCUT2D eigenvalue weighted by Crippen LogP contribution is 2.26. The number of aromatic nitrogens is 1. The van der Waals surface area contributed by atoms with Crippen LogP contribution in [0.2, 0.25) is 0 Å². The fraction of sp³-hybridized carbons (Fsp3) is 0.524. The van der Waals surface area contributed by atoms with Gasteiger partial charge in [-0.05, 0) is 56.7 Å². The Morgan fingerprint density at radius 3 is 2.58 bits per heavy atom. The second-order valence-corrected chi connectivity index (χ2v) is 7.52. The monoisotopic (exact) mass is 353 g/mol. The van der Waals surface area contributed by atoms with Gasteiger partial charge in [0, 0.05) is 19.0 Å². The Morgan fingerprint density at radius 1 is 1.12 bits per heavy atom. The van der Waals surface area contributed by atoms with E-state index in [1.807, 2.05) is 4.90 Å². The summed E-state index contributed by atoms with van der Waals surface area (Å²) in [6.45, 7) is 3.61. The second-order valence-electron chi connectivity index (χ2n) is 7.52. The van der Waals surface area contributed by atoms with Gasteiger partial charge in [-0.25, -0.2) is 4.98 Å². The third-order valence-electron chi connectivity index (χ3n) is 5.70. The molecule has 2 aromatic rings. The second kappa shape index (κ2) is 8.04. The van der Waals surface area contributed by atoms with E-state index in [0.29, 0.717) is 17.5 Å². The van der Waals surface area contributed by atoms with Crippen LogP contribution in [-0.4, -0.2) is 42.0 Å². The summed E-state index contributed by atoms with van der Waals surface area (Å²) in [6, 6.07) is 10.6. The number of benzene rings is 1. The maximum absolute atomic E-state index is 12.8. The molecule has 26 heavy (non-hydrogen) atoms. The van der Waals surface area contributed by atoms with Crippen LogP contribution in [0.5, 0.6) is 0 Å². The molecule has 2 aliphatic rings. The summed E-state index contributed by atoms with van der Waals surface area (Å²) in [5.74, 6) is 1.75. The van der Waals surface area contributed by atoms with Crippen molar-refractivity contribution in [1.82, 2.24) is 15.2 Å². The molecule has 2 saturated heterocycles. The van der Waals surface area contributed by atoms with Crippen LogP contribution in [0.4, 0.5) is 0 Å². The lowest BCUT2D eigenvalue weighted by atomic mass is 9.90. The number of hydrogen-bond donors (Lipinski definition) is 1. The van der Waals surface area contributed by atoms with Crippen molar-refractivity contribution < 1.29 is 9.21 Å². The first-order chi connectivity index (χ1) is 12.8. The zero-order valence-electron chi connectivity index (χ0n) is 15.2. The van der Waals surface area contributed by atoms with Crippen molar-refractivity contribution in [3.05, 3.63) is 53.7 Å². The van der Waals surface area contributed by atoms with Crippen LogP contribution in [-0.2, 0) is 6.42 Å². The highest BCUT2D eigenvalue weighted by atomic mass is 16.3. The quantitative estimate of drug-likeness (QED) is 0.917. The zero-order valence-corrected chi connectivity index (χ0v) is 15.2. The first-order valence-corrected chi connectivity index (χ1v) is 9.79. The van der Waals surface area contributed by atoms with Crippen LogP contribution in [0, 0.1) is 5.92 Å². The van der Waals surface area contributed by atoms with Gasteiger partial charge in [-0.1, -0.05) is 30.3 Å². The molecule has 5 heteroatoms. The number of carbonyl (C=O) groups is 1. The largest absolute Gasteiger partial charge is 0.448 e. The van der Waals surface area contributed by atoms with E-state index in [0.717, 1.165) is 64.2 Å². The van der Waals surface area contributed by atoms with Gasteiger partial charge in [0.1, 0.15) is 6.26 Å². The zero-order chi connectivity index (χ0) is 17.8. The molecule has 1 aromatic carbocycles. The van der Waals surface area contributed by atoms with Gasteiger partial charge in [0.2, 0.25) is 0 Å². The third-order valence-corrected chi connectivity index (χ3v) is 5.70. The van der Waals surface area contributed by atoms with Crippen molar-refractivity contribution in [3.8, 4) is 0 Å². The van der Waals surface area contributed by atoms with Crippen LogP contribution >= 0.6 is 0 Å². The van der Waals surface area contributed by atoms with Crippen LogP contribution in [0.3, 0.4) is 0 Å². The van der Waals surface area contributed by atoms with E-state index in [2.05, 4.69) is 40.6 Å². The van der Waals surface area contributed by atoms with E-state index in [4.69, 9.17) is 4.42 Å². The molecule has 0 saturated carbocycles. The fourth-order valence-electron chi connectivity index (χ4n) is 4.09. The number of hydrogen-bond acceptors (Lipinski definition) is 4. The molecule has 138 valence electrons. The predicted octanol–water partition coefficient (Wildman–Crippen LogP) is 3.24. The van der Waals surface area contributed by atoms with Crippen LogP contribution in [0.1, 0.15) is 53.5 Å². The minimum atomic E-state index is 0.0205. The average molecular weight is 353 g/mol. The van der Waals surface area contributed by atoms with E-state index in [1.165, 1.54) is 5.56 Å². The van der Waals surface area contributed by atoms with Gasteiger partial charge in [0.15, 0.2) is 11.6 Å². The van der Waals surface area contributed by atoms with E-state index < -0.39 is 0 Å². The Kier molecular flexibility index (Phi) is 5.34. The Morgan fingerprint density at radius 2 is 1.85 bits per heavy atom. The normalized spacial score (nSPS) is 19.6. The summed E-state index contributed by atoms with van der Waals surface area (Å²) in [5, 5.41) is 3.34. The van der Waals surface area contributed by atoms with Gasteiger partial charge in [0.25, 0.3) is 5.91 Å². The number of carbonyl (C=O) groups excluding carboxylic acids is 1. The lowest BCUT2D eigenvalue weighted by molar-refractivity contribution is 0.0684. The number of nitrogens with zero attached hydrogens (tertiary/aromatic N) is 2. The molecular weight excluding hydrogens is 326 g/mol. The lowest BCUT2D eigenvalue weighted by Crippen LogP contribution is -2.39. The van der Waals surface area contributed by atoms with Crippen molar-refractivity contribution in [1.29, 1.82) is 0 Å². The Balaban J connectivity index is 1.31. The van der Waals surface area contributed by atoms with E-state index in [-0.39, 0.29) is 5.91 Å². The first kappa shape index (κ1) is 17.3. The van der Waals surface area contributed by atoms with E-state index in [1.54, 1.807) is 6.26 Å². The molecule has 1 amide bonds. The number of piperidine rings is 2. The van der Waals surface area contributed by atoms with Gasteiger partial charge in [0.05, 0.1) is 0 Å². The van der Waals surface area contributed by atoms with Gasteiger partial charge in [-0.3, -0.25) is 4.79 Å². The molecule has 2 fully saturated rings. The number of oxazole rings is 1. The van der Waals surface area contributed by atoms with E-state index >= 15 is 0 Å². The Bertz CT molecular complexity index is 714. The Labute approximate surface area is 154 Å². The summed E-state index contributed by atoms with van der Waals surface area (Å²) in [6.07, 6.45) is 6.82. The summed E-state index contributed by atoms with van der Waals surface area (Å²) in [7, 11) is 0. The predicted molar refractivity (Wildman–Crippen MR) is 100 cm³/mol. The lowest BCUT2D eigenvalue weighted by Gasteiger charge is -2.31. The molecule has 0 radical (unpaired) electrons. The van der Waals surface area contributed by atoms with Crippen molar-refractivity contribution in [2.45, 2.75) is 38.0 Å². The number of nitrogens with one attached hydrogen (secondary N) is 1. The summed E-state index contributed by atoms with van der Waals surface area (Å²) in [5.41, 5.74) is 1.86. The standard InChI is InChI=1S/C21H27N3O2/c25-21(19-15-26-20(23-19)18-6-10-22-11-7-18)24-12-8-17(9-13-24)14-16-4-2-1-3-5-16/h1-5,15,17-18,22H,6-14H2. The Hall–Kier alpha value is -2.14. The molecular formula is C21H27N3O2.